The second-order valence-corrected chi connectivity index (χ2v) is 36.7. The van der Waals surface area contributed by atoms with Crippen molar-refractivity contribution < 1.29 is 14.6 Å². The first kappa shape index (κ1) is 14.5. The molecule has 0 aromatic carbocycles. The van der Waals surface area contributed by atoms with Crippen molar-refractivity contribution in [3.63, 3.8) is 0 Å². The molecule has 2 N–H and O–H groups in total. The summed E-state index contributed by atoms with van der Waals surface area (Å²) in [6.45, 7) is 13.2. The van der Waals surface area contributed by atoms with Gasteiger partial charge in [-0.2, -0.15) is 0 Å². The van der Waals surface area contributed by atoms with Gasteiger partial charge in [0.05, 0.1) is 0 Å². The van der Waals surface area contributed by atoms with E-state index in [-0.39, 0.29) is 5.54 Å². The first-order chi connectivity index (χ1) is 5.95. The van der Waals surface area contributed by atoms with Gasteiger partial charge in [0.2, 0.25) is 0 Å². The molecule has 0 rings (SSSR count). The van der Waals surface area contributed by atoms with Crippen molar-refractivity contribution in [1.82, 2.24) is 0 Å². The summed E-state index contributed by atoms with van der Waals surface area (Å²) in [5.74, 6) is 0. The molecule has 0 bridgehead atoms. The molecule has 0 aliphatic carbocycles. The molecule has 0 spiro atoms. The first-order valence-corrected chi connectivity index (χ1v) is 19.0. The van der Waals surface area contributed by atoms with Gasteiger partial charge in [0.15, 0.2) is 0 Å². The Kier molecular flexibility index (Phi) is 3.36. The molecule has 14 heavy (non-hydrogen) atoms. The van der Waals surface area contributed by atoms with Crippen molar-refractivity contribution in [2.75, 3.05) is 0 Å². The molecule has 0 amide bonds. The predicted octanol–water partition coefficient (Wildman–Crippen LogP) is 4.43. The Balaban J connectivity index is 5.92. The summed E-state index contributed by atoms with van der Waals surface area (Å²) in [5, 5.41) is 2.32. The fraction of sp³-hybridized carbons (Fsp3) is 1.00. The number of rotatable bonds is 3. The maximum absolute atomic E-state index is 6.89. The third-order valence-electron chi connectivity index (χ3n) is 3.93. The zero-order valence-corrected chi connectivity index (χ0v) is 14.3. The van der Waals surface area contributed by atoms with Crippen LogP contribution >= 0.6 is 0 Å². The van der Waals surface area contributed by atoms with Crippen LogP contribution in [0.1, 0.15) is 41.5 Å². The summed E-state index contributed by atoms with van der Waals surface area (Å²) in [7, 11) is 0. The monoisotopic (exact) mass is 370 g/mol. The summed E-state index contributed by atoms with van der Waals surface area (Å²) in [4.78, 5) is 0. The minimum atomic E-state index is -3.74. The van der Waals surface area contributed by atoms with Gasteiger partial charge in [-0.05, 0) is 0 Å². The molecule has 0 atom stereocenters. The molecule has 0 aliphatic heterocycles. The zero-order valence-electron chi connectivity index (χ0n) is 11.1. The molecule has 0 saturated carbocycles. The summed E-state index contributed by atoms with van der Waals surface area (Å²) >= 11 is -3.74. The van der Waals surface area contributed by atoms with Crippen LogP contribution in [-0.2, 0) is 14.6 Å². The Morgan fingerprint density at radius 3 is 1.36 bits per heavy atom. The van der Waals surface area contributed by atoms with Crippen LogP contribution in [0.5, 0.6) is 0 Å². The summed E-state index contributed by atoms with van der Waals surface area (Å²) in [5.41, 5.74) is 0.00446. The van der Waals surface area contributed by atoms with E-state index in [1.165, 1.54) is 0 Å². The second kappa shape index (κ2) is 3.24. The van der Waals surface area contributed by atoms with Crippen LogP contribution in [0, 0.1) is 0 Å². The van der Waals surface area contributed by atoms with E-state index in [9.17, 15) is 0 Å². The molecule has 0 saturated heterocycles. The maximum atomic E-state index is 6.89. The molecule has 0 heterocycles. The van der Waals surface area contributed by atoms with Gasteiger partial charge < -0.3 is 0 Å². The van der Waals surface area contributed by atoms with Gasteiger partial charge in [0.1, 0.15) is 0 Å². The second-order valence-electron chi connectivity index (χ2n) is 6.38. The van der Waals surface area contributed by atoms with Crippen molar-refractivity contribution in [3.8, 4) is 0 Å². The van der Waals surface area contributed by atoms with Gasteiger partial charge in [0.25, 0.3) is 0 Å². The van der Waals surface area contributed by atoms with Gasteiger partial charge in [-0.15, -0.1) is 0 Å². The van der Waals surface area contributed by atoms with Crippen LogP contribution in [0.25, 0.3) is 0 Å². The normalized spacial score (nSPS) is 18.6. The first-order valence-electron chi connectivity index (χ1n) is 5.70. The van der Waals surface area contributed by atoms with Crippen LogP contribution < -0.4 is 4.14 Å². The van der Waals surface area contributed by atoms with E-state index in [1.54, 1.807) is 0 Å². The SMILES string of the molecule is C[CH2][Ta]([CH3])([NH2])([CH2]C)([CH2]C)=[N]C(C)(C)C. The number of hydrogen-bond acceptors (Lipinski definition) is 1. The Bertz CT molecular complexity index is 273. The average Bonchev–Trinajstić information content (AvgIpc) is 2.03. The Morgan fingerprint density at radius 1 is 1.00 bits per heavy atom. The number of hydrogen-bond donors (Lipinski definition) is 1. The molecule has 0 aromatic heterocycles. The molecule has 88 valence electrons. The van der Waals surface area contributed by atoms with E-state index < -0.39 is 14.6 Å². The minimum absolute atomic E-state index is 0.00446. The van der Waals surface area contributed by atoms with Gasteiger partial charge in [-0.25, -0.2) is 0 Å². The van der Waals surface area contributed by atoms with E-state index >= 15 is 0 Å². The Hall–Kier alpha value is 0.500. The zero-order chi connectivity index (χ0) is 11.7. The van der Waals surface area contributed by atoms with Crippen molar-refractivity contribution >= 4 is 0 Å². The third kappa shape index (κ3) is 2.99. The van der Waals surface area contributed by atoms with E-state index in [4.69, 9.17) is 7.48 Å². The quantitative estimate of drug-likeness (QED) is 0.784. The van der Waals surface area contributed by atoms with E-state index in [2.05, 4.69) is 46.7 Å². The van der Waals surface area contributed by atoms with E-state index in [0.717, 1.165) is 13.9 Å². The van der Waals surface area contributed by atoms with E-state index in [0.29, 0.717) is 0 Å². The summed E-state index contributed by atoms with van der Waals surface area (Å²) in [6.07, 6.45) is 0. The van der Waals surface area contributed by atoms with Crippen LogP contribution in [-0.4, -0.2) is 5.54 Å². The average molecular weight is 370 g/mol. The molecule has 0 aliphatic rings. The molecular weight excluding hydrogens is 341 g/mol. The summed E-state index contributed by atoms with van der Waals surface area (Å²) in [6, 6.07) is 0. The standard InChI is InChI=1S/C4H9N.3C2H5.CH3.H2N.Ta/c1-4(2,3)5;3*1-2;;;/h1-3H3;3*1H2,2H3;1H3;1H2;/q;;;;;-1;+1. The number of nitrogens with two attached hydrogens (primary N) is 1. The molecular formula is C11H29N2Ta. The van der Waals surface area contributed by atoms with Crippen LogP contribution in [0.3, 0.4) is 0 Å². The molecule has 0 aromatic rings. The number of nitrogens with zero attached hydrogens (tertiary/aromatic N) is 1. The van der Waals surface area contributed by atoms with Gasteiger partial charge in [-0.3, -0.25) is 0 Å². The van der Waals surface area contributed by atoms with Gasteiger partial charge in [-0.1, -0.05) is 0 Å². The van der Waals surface area contributed by atoms with Gasteiger partial charge >= 0.3 is 88.2 Å². The summed E-state index contributed by atoms with van der Waals surface area (Å²) < 4.78 is 15.3. The van der Waals surface area contributed by atoms with Crippen molar-refractivity contribution in [1.29, 1.82) is 0 Å². The fourth-order valence-corrected chi connectivity index (χ4v) is 16.3. The fourth-order valence-electron chi connectivity index (χ4n) is 1.99. The van der Waals surface area contributed by atoms with Crippen molar-refractivity contribution in [2.45, 2.75) is 66.1 Å². The predicted molar refractivity (Wildman–Crippen MR) is 63.7 cm³/mol. The van der Waals surface area contributed by atoms with Crippen LogP contribution in [0.4, 0.5) is 0 Å². The topological polar surface area (TPSA) is 38.4 Å². The molecule has 2 nitrogen and oxygen atoms in total. The molecule has 0 unspecified atom stereocenters. The van der Waals surface area contributed by atoms with Gasteiger partial charge in [0, 0.05) is 0 Å². The molecule has 0 radical (unpaired) electrons. The van der Waals surface area contributed by atoms with Crippen molar-refractivity contribution in [2.24, 2.45) is 7.48 Å². The van der Waals surface area contributed by atoms with Crippen molar-refractivity contribution in [3.05, 3.63) is 0 Å². The Labute approximate surface area is 88.2 Å². The van der Waals surface area contributed by atoms with E-state index in [1.807, 2.05) is 0 Å². The van der Waals surface area contributed by atoms with Crippen LogP contribution in [0.2, 0.25) is 19.1 Å². The molecule has 0 fully saturated rings. The third-order valence-corrected chi connectivity index (χ3v) is 32.2. The Morgan fingerprint density at radius 2 is 1.29 bits per heavy atom. The van der Waals surface area contributed by atoms with Crippen LogP contribution in [0.15, 0.2) is 3.34 Å². The molecule has 3 heteroatoms.